The van der Waals surface area contributed by atoms with Crippen LogP contribution in [0.15, 0.2) is 48.5 Å². The summed E-state index contributed by atoms with van der Waals surface area (Å²) < 4.78 is 18.8. The molecule has 0 N–H and O–H groups in total. The van der Waals surface area contributed by atoms with E-state index in [2.05, 4.69) is 6.92 Å². The SMILES string of the molecule is CCc1ccccc1OCC(=O)N1CCCN(C(=O)Cc2ccc(F)cc2)CC1. The van der Waals surface area contributed by atoms with Gasteiger partial charge >= 0.3 is 0 Å². The van der Waals surface area contributed by atoms with Gasteiger partial charge in [-0.05, 0) is 42.2 Å². The quantitative estimate of drug-likeness (QED) is 0.752. The van der Waals surface area contributed by atoms with E-state index in [1.54, 1.807) is 21.9 Å². The Balaban J connectivity index is 1.50. The van der Waals surface area contributed by atoms with Gasteiger partial charge in [0.2, 0.25) is 5.91 Å². The lowest BCUT2D eigenvalue weighted by Crippen LogP contribution is -2.39. The van der Waals surface area contributed by atoms with Crippen molar-refractivity contribution in [2.75, 3.05) is 32.8 Å². The number of nitrogens with zero attached hydrogens (tertiary/aromatic N) is 2. The van der Waals surface area contributed by atoms with Gasteiger partial charge in [0.1, 0.15) is 11.6 Å². The largest absolute Gasteiger partial charge is 0.483 e. The molecular formula is C23H27FN2O3. The molecule has 0 atom stereocenters. The standard InChI is InChI=1S/C23H27FN2O3/c1-2-19-6-3-4-7-21(19)29-17-23(28)26-13-5-12-25(14-15-26)22(27)16-18-8-10-20(24)11-9-18/h3-4,6-11H,2,5,12-17H2,1H3. The molecule has 2 aromatic rings. The van der Waals surface area contributed by atoms with Gasteiger partial charge < -0.3 is 14.5 Å². The number of aryl methyl sites for hydroxylation is 1. The first-order valence-corrected chi connectivity index (χ1v) is 10.1. The highest BCUT2D eigenvalue weighted by Crippen LogP contribution is 2.18. The number of halogens is 1. The lowest BCUT2D eigenvalue weighted by molar-refractivity contribution is -0.134. The Kier molecular flexibility index (Phi) is 7.22. The van der Waals surface area contributed by atoms with E-state index in [0.29, 0.717) is 26.2 Å². The maximum atomic E-state index is 13.0. The second-order valence-corrected chi connectivity index (χ2v) is 7.17. The number of hydrogen-bond acceptors (Lipinski definition) is 3. The van der Waals surface area contributed by atoms with E-state index in [9.17, 15) is 14.0 Å². The average Bonchev–Trinajstić information content (AvgIpc) is 3.00. The Morgan fingerprint density at radius 1 is 0.931 bits per heavy atom. The van der Waals surface area contributed by atoms with Gasteiger partial charge in [0.25, 0.3) is 5.91 Å². The summed E-state index contributed by atoms with van der Waals surface area (Å²) in [6.45, 7) is 4.27. The summed E-state index contributed by atoms with van der Waals surface area (Å²) in [6.07, 6.45) is 1.82. The predicted molar refractivity (Wildman–Crippen MR) is 109 cm³/mol. The molecule has 0 unspecified atom stereocenters. The van der Waals surface area contributed by atoms with Crippen LogP contribution in [0.1, 0.15) is 24.5 Å². The predicted octanol–water partition coefficient (Wildman–Crippen LogP) is 3.07. The van der Waals surface area contributed by atoms with E-state index >= 15 is 0 Å². The Bertz CT molecular complexity index is 838. The Morgan fingerprint density at radius 2 is 1.59 bits per heavy atom. The van der Waals surface area contributed by atoms with E-state index in [0.717, 1.165) is 29.7 Å². The van der Waals surface area contributed by atoms with Crippen molar-refractivity contribution in [1.29, 1.82) is 0 Å². The van der Waals surface area contributed by atoms with Gasteiger partial charge in [0, 0.05) is 26.2 Å². The van der Waals surface area contributed by atoms with Crippen molar-refractivity contribution in [3.8, 4) is 5.75 Å². The molecule has 154 valence electrons. The van der Waals surface area contributed by atoms with Crippen LogP contribution in [-0.2, 0) is 22.4 Å². The molecule has 1 aliphatic rings. The number of hydrogen-bond donors (Lipinski definition) is 0. The minimum absolute atomic E-state index is 0.000535. The zero-order chi connectivity index (χ0) is 20.6. The second-order valence-electron chi connectivity index (χ2n) is 7.17. The first kappa shape index (κ1) is 20.8. The van der Waals surface area contributed by atoms with Crippen LogP contribution < -0.4 is 4.74 Å². The van der Waals surface area contributed by atoms with Crippen molar-refractivity contribution in [2.45, 2.75) is 26.2 Å². The fraction of sp³-hybridized carbons (Fsp3) is 0.391. The minimum Gasteiger partial charge on any atom is -0.483 e. The first-order valence-electron chi connectivity index (χ1n) is 10.1. The molecule has 1 fully saturated rings. The van der Waals surface area contributed by atoms with E-state index < -0.39 is 0 Å². The third-order valence-corrected chi connectivity index (χ3v) is 5.17. The lowest BCUT2D eigenvalue weighted by atomic mass is 10.1. The summed E-state index contributed by atoms with van der Waals surface area (Å²) in [6, 6.07) is 13.7. The highest BCUT2D eigenvalue weighted by Gasteiger charge is 2.22. The molecule has 0 bridgehead atoms. The van der Waals surface area contributed by atoms with E-state index in [1.807, 2.05) is 24.3 Å². The van der Waals surface area contributed by atoms with Crippen LogP contribution in [0.3, 0.4) is 0 Å². The molecule has 1 saturated heterocycles. The van der Waals surface area contributed by atoms with Crippen LogP contribution in [0.4, 0.5) is 4.39 Å². The number of ether oxygens (including phenoxy) is 1. The van der Waals surface area contributed by atoms with E-state index in [4.69, 9.17) is 4.74 Å². The molecule has 3 rings (SSSR count). The topological polar surface area (TPSA) is 49.9 Å². The van der Waals surface area contributed by atoms with Gasteiger partial charge in [-0.1, -0.05) is 37.3 Å². The van der Waals surface area contributed by atoms with Crippen molar-refractivity contribution >= 4 is 11.8 Å². The summed E-state index contributed by atoms with van der Waals surface area (Å²) in [5.41, 5.74) is 1.87. The van der Waals surface area contributed by atoms with Gasteiger partial charge in [-0.2, -0.15) is 0 Å². The Hall–Kier alpha value is -2.89. The number of para-hydroxylation sites is 1. The van der Waals surface area contributed by atoms with Crippen LogP contribution in [0.2, 0.25) is 0 Å². The van der Waals surface area contributed by atoms with Crippen LogP contribution in [0.25, 0.3) is 0 Å². The van der Waals surface area contributed by atoms with Gasteiger partial charge in [0.05, 0.1) is 6.42 Å². The normalized spacial score (nSPS) is 14.4. The fourth-order valence-corrected chi connectivity index (χ4v) is 3.47. The number of carbonyl (C=O) groups excluding carboxylic acids is 2. The monoisotopic (exact) mass is 398 g/mol. The highest BCUT2D eigenvalue weighted by atomic mass is 19.1. The molecule has 29 heavy (non-hydrogen) atoms. The van der Waals surface area contributed by atoms with Crippen molar-refractivity contribution in [1.82, 2.24) is 9.80 Å². The molecule has 0 saturated carbocycles. The molecule has 5 nitrogen and oxygen atoms in total. The summed E-state index contributed by atoms with van der Waals surface area (Å²) in [5, 5.41) is 0. The molecule has 2 amide bonds. The maximum absolute atomic E-state index is 13.0. The zero-order valence-corrected chi connectivity index (χ0v) is 16.8. The number of amides is 2. The fourth-order valence-electron chi connectivity index (χ4n) is 3.47. The second kappa shape index (κ2) is 10.0. The van der Waals surface area contributed by atoms with Crippen molar-refractivity contribution in [3.63, 3.8) is 0 Å². The number of carbonyl (C=O) groups is 2. The minimum atomic E-state index is -0.311. The molecule has 6 heteroatoms. The summed E-state index contributed by atoms with van der Waals surface area (Å²) in [4.78, 5) is 28.7. The van der Waals surface area contributed by atoms with Crippen molar-refractivity contribution in [2.24, 2.45) is 0 Å². The van der Waals surface area contributed by atoms with Crippen LogP contribution >= 0.6 is 0 Å². The summed E-state index contributed by atoms with van der Waals surface area (Å²) in [5.74, 6) is 0.367. The zero-order valence-electron chi connectivity index (χ0n) is 16.8. The first-order chi connectivity index (χ1) is 14.1. The summed E-state index contributed by atoms with van der Waals surface area (Å²) in [7, 11) is 0. The van der Waals surface area contributed by atoms with Crippen molar-refractivity contribution in [3.05, 3.63) is 65.5 Å². The third kappa shape index (κ3) is 5.79. The molecule has 1 heterocycles. The maximum Gasteiger partial charge on any atom is 0.260 e. The third-order valence-electron chi connectivity index (χ3n) is 5.17. The molecule has 0 radical (unpaired) electrons. The smallest absolute Gasteiger partial charge is 0.260 e. The lowest BCUT2D eigenvalue weighted by Gasteiger charge is -2.22. The highest BCUT2D eigenvalue weighted by molar-refractivity contribution is 5.80. The molecule has 2 aromatic carbocycles. The van der Waals surface area contributed by atoms with E-state index in [1.165, 1.54) is 12.1 Å². The van der Waals surface area contributed by atoms with Gasteiger partial charge in [-0.15, -0.1) is 0 Å². The average molecular weight is 398 g/mol. The Labute approximate surface area is 171 Å². The van der Waals surface area contributed by atoms with Gasteiger partial charge in [-0.3, -0.25) is 9.59 Å². The van der Waals surface area contributed by atoms with Crippen LogP contribution in [0, 0.1) is 5.82 Å². The summed E-state index contributed by atoms with van der Waals surface area (Å²) >= 11 is 0. The van der Waals surface area contributed by atoms with Crippen LogP contribution in [0.5, 0.6) is 5.75 Å². The molecular weight excluding hydrogens is 371 g/mol. The number of benzene rings is 2. The molecule has 0 spiro atoms. The van der Waals surface area contributed by atoms with Crippen molar-refractivity contribution < 1.29 is 18.7 Å². The van der Waals surface area contributed by atoms with E-state index in [-0.39, 0.29) is 30.7 Å². The van der Waals surface area contributed by atoms with Gasteiger partial charge in [-0.25, -0.2) is 4.39 Å². The van der Waals surface area contributed by atoms with Crippen LogP contribution in [-0.4, -0.2) is 54.4 Å². The molecule has 1 aliphatic heterocycles. The molecule has 0 aliphatic carbocycles. The molecule has 0 aromatic heterocycles. The van der Waals surface area contributed by atoms with Gasteiger partial charge in [0.15, 0.2) is 6.61 Å². The Morgan fingerprint density at radius 3 is 2.28 bits per heavy atom. The number of rotatable bonds is 6.